The number of fused-ring (bicyclic) bond motifs is 2. The summed E-state index contributed by atoms with van der Waals surface area (Å²) in [5, 5.41) is 6.82. The largest absolute Gasteiger partial charge is 0.493 e. The highest BCUT2D eigenvalue weighted by atomic mass is 31.1. The molecule has 0 aromatic heterocycles. The van der Waals surface area contributed by atoms with Gasteiger partial charge in [-0.1, -0.05) is 121 Å². The van der Waals surface area contributed by atoms with Crippen molar-refractivity contribution in [1.29, 1.82) is 0 Å². The summed E-state index contributed by atoms with van der Waals surface area (Å²) in [5.41, 5.74) is 1.77. The van der Waals surface area contributed by atoms with E-state index in [4.69, 9.17) is 28.4 Å². The molecule has 6 aromatic carbocycles. The van der Waals surface area contributed by atoms with E-state index in [-0.39, 0.29) is 0 Å². The standard InChI is InChI=1S/C44H40O6P2/c1-43(2)47-39-33(45-5)27-35(51(29-19-11-7-12-20-29)30-21-13-8-14-22-30)37(41(39)49-43)38-36(28-34(46-6)40-42(38)50-44(3,4)48-40)52(31-23-15-9-16-24-31)32-25-17-10-18-26-32/h7-28H,1-6H3. The number of hydrogen-bond donors (Lipinski definition) is 0. The molecular weight excluding hydrogens is 686 g/mol. The van der Waals surface area contributed by atoms with Gasteiger partial charge in [0.2, 0.25) is 23.1 Å². The van der Waals surface area contributed by atoms with Crippen molar-refractivity contribution < 1.29 is 28.4 Å². The van der Waals surface area contributed by atoms with Gasteiger partial charge in [0.15, 0.2) is 23.0 Å². The van der Waals surface area contributed by atoms with Crippen molar-refractivity contribution in [3.63, 3.8) is 0 Å². The summed E-state index contributed by atoms with van der Waals surface area (Å²) in [4.78, 5) is 0. The lowest BCUT2D eigenvalue weighted by Crippen LogP contribution is -2.31. The van der Waals surface area contributed by atoms with Crippen molar-refractivity contribution in [1.82, 2.24) is 0 Å². The Hall–Kier alpha value is -5.02. The van der Waals surface area contributed by atoms with E-state index >= 15 is 0 Å². The molecule has 0 aliphatic carbocycles. The Morgan fingerprint density at radius 3 is 0.942 bits per heavy atom. The summed E-state index contributed by atoms with van der Waals surface area (Å²) in [6, 6.07) is 46.9. The molecule has 0 amide bonds. The fourth-order valence-corrected chi connectivity index (χ4v) is 11.9. The van der Waals surface area contributed by atoms with Gasteiger partial charge in [-0.25, -0.2) is 0 Å². The number of methoxy groups -OCH3 is 2. The lowest BCUT2D eigenvalue weighted by atomic mass is 10.0. The van der Waals surface area contributed by atoms with Crippen molar-refractivity contribution in [2.24, 2.45) is 0 Å². The molecule has 0 N–H and O–H groups in total. The molecule has 0 radical (unpaired) electrons. The van der Waals surface area contributed by atoms with Gasteiger partial charge in [0, 0.05) is 49.4 Å². The van der Waals surface area contributed by atoms with Crippen molar-refractivity contribution in [2.75, 3.05) is 14.2 Å². The minimum atomic E-state index is -1.17. The molecule has 0 atom stereocenters. The topological polar surface area (TPSA) is 55.4 Å². The third-order valence-electron chi connectivity index (χ3n) is 8.98. The van der Waals surface area contributed by atoms with Gasteiger partial charge in [-0.15, -0.1) is 0 Å². The Balaban J connectivity index is 1.56. The van der Waals surface area contributed by atoms with E-state index in [2.05, 4.69) is 133 Å². The SMILES string of the molecule is COc1cc(P(c2ccccc2)c2ccccc2)c(-c2c(P(c3ccccc3)c3ccccc3)cc(OC)c3c2OC(C)(C)O3)c2c1OC(C)(C)O2. The Kier molecular flexibility index (Phi) is 8.86. The summed E-state index contributed by atoms with van der Waals surface area (Å²) < 4.78 is 39.1. The van der Waals surface area contributed by atoms with Crippen LogP contribution in [-0.2, 0) is 0 Å². The number of ether oxygens (including phenoxy) is 6. The predicted octanol–water partition coefficient (Wildman–Crippen LogP) is 7.90. The van der Waals surface area contributed by atoms with Gasteiger partial charge in [-0.05, 0) is 49.2 Å². The van der Waals surface area contributed by atoms with Gasteiger partial charge in [0.05, 0.1) is 14.2 Å². The minimum absolute atomic E-state index is 0.555. The lowest BCUT2D eigenvalue weighted by molar-refractivity contribution is -0.0449. The van der Waals surface area contributed by atoms with Gasteiger partial charge >= 0.3 is 0 Å². The summed E-state index contributed by atoms with van der Waals surface area (Å²) in [6.07, 6.45) is 0. The first-order chi connectivity index (χ1) is 25.2. The summed E-state index contributed by atoms with van der Waals surface area (Å²) in [6.45, 7) is 7.71. The molecule has 8 rings (SSSR count). The fraction of sp³-hybridized carbons (Fsp3) is 0.182. The van der Waals surface area contributed by atoms with Crippen molar-refractivity contribution >= 4 is 47.7 Å². The minimum Gasteiger partial charge on any atom is -0.493 e. The third-order valence-corrected chi connectivity index (χ3v) is 13.9. The van der Waals surface area contributed by atoms with Gasteiger partial charge in [-0.3, -0.25) is 0 Å². The first kappa shape index (κ1) is 34.1. The molecule has 0 fully saturated rings. The lowest BCUT2D eigenvalue weighted by Gasteiger charge is -2.29. The van der Waals surface area contributed by atoms with E-state index in [1.807, 2.05) is 27.7 Å². The first-order valence-electron chi connectivity index (χ1n) is 17.2. The average molecular weight is 727 g/mol. The van der Waals surface area contributed by atoms with Crippen molar-refractivity contribution in [2.45, 2.75) is 39.3 Å². The quantitative estimate of drug-likeness (QED) is 0.141. The summed E-state index contributed by atoms with van der Waals surface area (Å²) in [7, 11) is 1.03. The van der Waals surface area contributed by atoms with E-state index in [9.17, 15) is 0 Å². The van der Waals surface area contributed by atoms with Gasteiger partial charge < -0.3 is 28.4 Å². The van der Waals surface area contributed by atoms with E-state index in [0.717, 1.165) is 21.7 Å². The Morgan fingerprint density at radius 2 is 0.673 bits per heavy atom. The van der Waals surface area contributed by atoms with Crippen LogP contribution in [0.5, 0.6) is 34.5 Å². The maximum atomic E-state index is 6.89. The van der Waals surface area contributed by atoms with Crippen LogP contribution in [-0.4, -0.2) is 25.8 Å². The van der Waals surface area contributed by atoms with Crippen LogP contribution in [0.15, 0.2) is 133 Å². The van der Waals surface area contributed by atoms with Crippen LogP contribution >= 0.6 is 15.8 Å². The molecule has 6 nitrogen and oxygen atoms in total. The van der Waals surface area contributed by atoms with Gasteiger partial charge in [-0.2, -0.15) is 0 Å². The molecule has 2 aliphatic rings. The van der Waals surface area contributed by atoms with Crippen LogP contribution in [0.1, 0.15) is 27.7 Å². The van der Waals surface area contributed by atoms with Crippen LogP contribution in [0.2, 0.25) is 0 Å². The van der Waals surface area contributed by atoms with Crippen LogP contribution in [0.3, 0.4) is 0 Å². The molecule has 8 heteroatoms. The zero-order valence-corrected chi connectivity index (χ0v) is 31.8. The predicted molar refractivity (Wildman–Crippen MR) is 213 cm³/mol. The van der Waals surface area contributed by atoms with Gasteiger partial charge in [0.25, 0.3) is 0 Å². The molecule has 0 spiro atoms. The number of hydrogen-bond acceptors (Lipinski definition) is 6. The monoisotopic (exact) mass is 726 g/mol. The molecule has 2 aliphatic heterocycles. The molecule has 2 heterocycles. The van der Waals surface area contributed by atoms with Crippen molar-refractivity contribution in [3.8, 4) is 45.6 Å². The second kappa shape index (κ2) is 13.5. The van der Waals surface area contributed by atoms with Crippen LogP contribution in [0, 0.1) is 0 Å². The second-order valence-corrected chi connectivity index (χ2v) is 17.9. The Morgan fingerprint density at radius 1 is 0.404 bits per heavy atom. The molecule has 0 bridgehead atoms. The number of rotatable bonds is 9. The molecule has 6 aromatic rings. The zero-order chi connectivity index (χ0) is 36.0. The molecule has 0 unspecified atom stereocenters. The molecule has 262 valence electrons. The Labute approximate surface area is 307 Å². The second-order valence-electron chi connectivity index (χ2n) is 13.5. The van der Waals surface area contributed by atoms with E-state index in [1.165, 1.54) is 21.2 Å². The Bertz CT molecular complexity index is 1990. The van der Waals surface area contributed by atoms with Crippen LogP contribution < -0.4 is 60.2 Å². The van der Waals surface area contributed by atoms with E-state index in [1.54, 1.807) is 14.2 Å². The zero-order valence-electron chi connectivity index (χ0n) is 30.0. The molecule has 0 saturated heterocycles. The van der Waals surface area contributed by atoms with E-state index < -0.39 is 27.4 Å². The number of benzene rings is 6. The van der Waals surface area contributed by atoms with Crippen LogP contribution in [0.4, 0.5) is 0 Å². The van der Waals surface area contributed by atoms with Crippen molar-refractivity contribution in [3.05, 3.63) is 133 Å². The third kappa shape index (κ3) is 6.15. The fourth-order valence-electron chi connectivity index (χ4n) is 6.92. The maximum absolute atomic E-state index is 6.89. The molecule has 52 heavy (non-hydrogen) atoms. The van der Waals surface area contributed by atoms with Crippen LogP contribution in [0.25, 0.3) is 11.1 Å². The average Bonchev–Trinajstić information content (AvgIpc) is 3.67. The first-order valence-corrected chi connectivity index (χ1v) is 19.9. The highest BCUT2D eigenvalue weighted by Gasteiger charge is 2.45. The smallest absolute Gasteiger partial charge is 0.246 e. The normalized spacial score (nSPS) is 14.8. The highest BCUT2D eigenvalue weighted by Crippen LogP contribution is 2.60. The highest BCUT2D eigenvalue weighted by molar-refractivity contribution is 7.80. The van der Waals surface area contributed by atoms with E-state index in [0.29, 0.717) is 34.5 Å². The summed E-state index contributed by atoms with van der Waals surface area (Å²) in [5.74, 6) is 1.63. The molecule has 0 saturated carbocycles. The maximum Gasteiger partial charge on any atom is 0.246 e. The molecular formula is C44H40O6P2. The van der Waals surface area contributed by atoms with Gasteiger partial charge in [0.1, 0.15) is 0 Å². The summed E-state index contributed by atoms with van der Waals surface area (Å²) >= 11 is 0.